The summed E-state index contributed by atoms with van der Waals surface area (Å²) >= 11 is 1.61. The Morgan fingerprint density at radius 1 is 1.09 bits per heavy atom. The average molecular weight is 310 g/mol. The van der Waals surface area contributed by atoms with Crippen LogP contribution in [0, 0.1) is 0 Å². The van der Waals surface area contributed by atoms with E-state index in [4.69, 9.17) is 0 Å². The molecule has 0 saturated carbocycles. The number of benzene rings is 2. The maximum absolute atomic E-state index is 11.6. The topological polar surface area (TPSA) is 34.9 Å². The summed E-state index contributed by atoms with van der Waals surface area (Å²) in [5.41, 5.74) is 1.08. The Morgan fingerprint density at radius 3 is 2.68 bits per heavy atom. The molecule has 0 radical (unpaired) electrons. The third-order valence-corrected chi connectivity index (χ3v) is 4.61. The average Bonchev–Trinajstić information content (AvgIpc) is 2.52. The van der Waals surface area contributed by atoms with Gasteiger partial charge in [0, 0.05) is 24.1 Å². The molecule has 3 rings (SSSR count). The molecule has 0 amide bonds. The van der Waals surface area contributed by atoms with Crippen LogP contribution in [0.2, 0.25) is 0 Å². The molecule has 0 atom stereocenters. The summed E-state index contributed by atoms with van der Waals surface area (Å²) in [5, 5.41) is 3.27. The molecule has 0 fully saturated rings. The molecular formula is C18H18N2OS. The molecule has 3 aromatic rings. The third-order valence-electron chi connectivity index (χ3n) is 3.60. The van der Waals surface area contributed by atoms with Crippen LogP contribution in [0.15, 0.2) is 64.7 Å². The van der Waals surface area contributed by atoms with Gasteiger partial charge in [-0.25, -0.2) is 0 Å². The van der Waals surface area contributed by atoms with Crippen molar-refractivity contribution in [2.75, 3.05) is 0 Å². The first-order chi connectivity index (χ1) is 10.6. The molecule has 1 heterocycles. The quantitative estimate of drug-likeness (QED) is 0.533. The Bertz CT molecular complexity index is 850. The molecular weight excluding hydrogens is 292 g/mol. The first-order valence-corrected chi connectivity index (χ1v) is 8.32. The summed E-state index contributed by atoms with van der Waals surface area (Å²) in [7, 11) is 0. The van der Waals surface area contributed by atoms with E-state index in [9.17, 15) is 4.79 Å². The summed E-state index contributed by atoms with van der Waals surface area (Å²) in [4.78, 5) is 15.7. The van der Waals surface area contributed by atoms with Gasteiger partial charge in [0.15, 0.2) is 5.16 Å². The van der Waals surface area contributed by atoms with E-state index in [1.807, 2.05) is 10.8 Å². The minimum atomic E-state index is -0.183. The minimum absolute atomic E-state index is 0.183. The van der Waals surface area contributed by atoms with Gasteiger partial charge in [0.2, 0.25) is 0 Å². The van der Waals surface area contributed by atoms with Crippen molar-refractivity contribution >= 4 is 22.5 Å². The molecule has 0 N–H and O–H groups in total. The fourth-order valence-electron chi connectivity index (χ4n) is 2.46. The summed E-state index contributed by atoms with van der Waals surface area (Å²) < 4.78 is 2.04. The number of aromatic nitrogens is 2. The molecule has 0 saturated heterocycles. The van der Waals surface area contributed by atoms with Gasteiger partial charge < -0.3 is 4.57 Å². The second-order valence-electron chi connectivity index (χ2n) is 5.48. The lowest BCUT2D eigenvalue weighted by molar-refractivity contribution is 0.526. The van der Waals surface area contributed by atoms with Crippen molar-refractivity contribution < 1.29 is 0 Å². The van der Waals surface area contributed by atoms with Gasteiger partial charge in [-0.2, -0.15) is 4.98 Å². The van der Waals surface area contributed by atoms with Crippen molar-refractivity contribution in [3.63, 3.8) is 0 Å². The molecule has 112 valence electrons. The fourth-order valence-corrected chi connectivity index (χ4v) is 3.57. The Hall–Kier alpha value is -2.07. The van der Waals surface area contributed by atoms with Gasteiger partial charge in [-0.15, -0.1) is 0 Å². The van der Waals surface area contributed by atoms with Gasteiger partial charge in [-0.05, 0) is 30.2 Å². The molecule has 0 spiro atoms. The van der Waals surface area contributed by atoms with Crippen molar-refractivity contribution in [3.8, 4) is 0 Å². The predicted molar refractivity (Wildman–Crippen MR) is 92.4 cm³/mol. The summed E-state index contributed by atoms with van der Waals surface area (Å²) in [5.74, 6) is 0.796. The first-order valence-electron chi connectivity index (χ1n) is 7.34. The summed E-state index contributed by atoms with van der Waals surface area (Å²) in [6.45, 7) is 4.18. The van der Waals surface area contributed by atoms with Gasteiger partial charge in [0.05, 0.1) is 0 Å². The van der Waals surface area contributed by atoms with Gasteiger partial charge in [-0.3, -0.25) is 4.79 Å². The molecule has 0 aliphatic heterocycles. The van der Waals surface area contributed by atoms with Crippen molar-refractivity contribution in [3.05, 3.63) is 70.6 Å². The van der Waals surface area contributed by atoms with Crippen LogP contribution >= 0.6 is 11.8 Å². The SMILES string of the molecule is CC(C)n1ccc(=O)nc1SCc1cccc2ccccc12. The highest BCUT2D eigenvalue weighted by atomic mass is 32.2. The number of nitrogens with zero attached hydrogens (tertiary/aromatic N) is 2. The van der Waals surface area contributed by atoms with Crippen molar-refractivity contribution in [2.24, 2.45) is 0 Å². The first kappa shape index (κ1) is 14.9. The normalized spacial score (nSPS) is 11.2. The summed E-state index contributed by atoms with van der Waals surface area (Å²) in [6.07, 6.45) is 1.82. The maximum atomic E-state index is 11.6. The molecule has 4 heteroatoms. The van der Waals surface area contributed by atoms with E-state index in [1.54, 1.807) is 11.8 Å². The predicted octanol–water partition coefficient (Wildman–Crippen LogP) is 4.27. The highest BCUT2D eigenvalue weighted by Crippen LogP contribution is 2.27. The zero-order chi connectivity index (χ0) is 15.5. The Morgan fingerprint density at radius 2 is 1.86 bits per heavy atom. The lowest BCUT2D eigenvalue weighted by Crippen LogP contribution is -2.14. The number of rotatable bonds is 4. The van der Waals surface area contributed by atoms with E-state index in [-0.39, 0.29) is 11.6 Å². The Labute approximate surface area is 134 Å². The third kappa shape index (κ3) is 3.07. The zero-order valence-corrected chi connectivity index (χ0v) is 13.5. The largest absolute Gasteiger partial charge is 0.325 e. The number of fused-ring (bicyclic) bond motifs is 1. The van der Waals surface area contributed by atoms with E-state index in [0.29, 0.717) is 0 Å². The van der Waals surface area contributed by atoms with E-state index in [0.717, 1.165) is 10.9 Å². The molecule has 2 aromatic carbocycles. The van der Waals surface area contributed by atoms with Crippen molar-refractivity contribution in [1.82, 2.24) is 9.55 Å². The van der Waals surface area contributed by atoms with Gasteiger partial charge in [0.1, 0.15) is 0 Å². The molecule has 3 nitrogen and oxygen atoms in total. The fraction of sp³-hybridized carbons (Fsp3) is 0.222. The second kappa shape index (κ2) is 6.36. The van der Waals surface area contributed by atoms with Crippen molar-refractivity contribution in [1.29, 1.82) is 0 Å². The monoisotopic (exact) mass is 310 g/mol. The van der Waals surface area contributed by atoms with Crippen LogP contribution in [0.4, 0.5) is 0 Å². The minimum Gasteiger partial charge on any atom is -0.325 e. The van der Waals surface area contributed by atoms with Crippen molar-refractivity contribution in [2.45, 2.75) is 30.8 Å². The van der Waals surface area contributed by atoms with Crippen LogP contribution in [0.5, 0.6) is 0 Å². The molecule has 0 aliphatic carbocycles. The molecule has 0 aliphatic rings. The van der Waals surface area contributed by atoms with Crippen LogP contribution in [0.1, 0.15) is 25.5 Å². The smallest absolute Gasteiger partial charge is 0.273 e. The van der Waals surface area contributed by atoms with E-state index < -0.39 is 0 Å². The van der Waals surface area contributed by atoms with Crippen LogP contribution < -0.4 is 5.56 Å². The van der Waals surface area contributed by atoms with Crippen LogP contribution in [-0.2, 0) is 5.75 Å². The second-order valence-corrected chi connectivity index (χ2v) is 6.42. The maximum Gasteiger partial charge on any atom is 0.273 e. The van der Waals surface area contributed by atoms with Crippen LogP contribution in [0.3, 0.4) is 0 Å². The Kier molecular flexibility index (Phi) is 4.29. The lowest BCUT2D eigenvalue weighted by atomic mass is 10.1. The van der Waals surface area contributed by atoms with Crippen LogP contribution in [0.25, 0.3) is 10.8 Å². The number of thioether (sulfide) groups is 1. The molecule has 22 heavy (non-hydrogen) atoms. The van der Waals surface area contributed by atoms with Gasteiger partial charge in [0.25, 0.3) is 5.56 Å². The molecule has 1 aromatic heterocycles. The Balaban J connectivity index is 1.92. The van der Waals surface area contributed by atoms with E-state index >= 15 is 0 Å². The zero-order valence-electron chi connectivity index (χ0n) is 12.7. The molecule has 0 unspecified atom stereocenters. The van der Waals surface area contributed by atoms with Gasteiger partial charge in [-0.1, -0.05) is 54.2 Å². The van der Waals surface area contributed by atoms with E-state index in [1.165, 1.54) is 22.4 Å². The van der Waals surface area contributed by atoms with Gasteiger partial charge >= 0.3 is 0 Å². The number of hydrogen-bond acceptors (Lipinski definition) is 3. The summed E-state index contributed by atoms with van der Waals surface area (Å²) in [6, 6.07) is 16.5. The standard InChI is InChI=1S/C18H18N2OS/c1-13(2)20-11-10-17(21)19-18(20)22-12-15-8-5-7-14-6-3-4-9-16(14)15/h3-11,13H,12H2,1-2H3. The lowest BCUT2D eigenvalue weighted by Gasteiger charge is -2.15. The molecule has 0 bridgehead atoms. The van der Waals surface area contributed by atoms with E-state index in [2.05, 4.69) is 61.3 Å². The van der Waals surface area contributed by atoms with Crippen LogP contribution in [-0.4, -0.2) is 9.55 Å². The highest BCUT2D eigenvalue weighted by Gasteiger charge is 2.08. The highest BCUT2D eigenvalue weighted by molar-refractivity contribution is 7.98. The number of hydrogen-bond donors (Lipinski definition) is 0.